The highest BCUT2D eigenvalue weighted by atomic mass is 16.6. The molecule has 5 heterocycles. The Morgan fingerprint density at radius 1 is 0.692 bits per heavy atom. The van der Waals surface area contributed by atoms with Gasteiger partial charge in [0, 0.05) is 24.7 Å². The molecule has 4 N–H and O–H groups in total. The lowest BCUT2D eigenvalue weighted by molar-refractivity contribution is -0.145. The number of nitrogens with one attached hydrogen (secondary N) is 4. The minimum absolute atomic E-state index is 0.0102. The molecule has 0 unspecified atom stereocenters. The van der Waals surface area contributed by atoms with Crippen LogP contribution in [0.2, 0.25) is 0 Å². The van der Waals surface area contributed by atoms with E-state index in [2.05, 4.69) is 81.3 Å². The molecule has 0 spiro atoms. The number of amides is 4. The molecule has 3 aliphatic heterocycles. The third-order valence-electron chi connectivity index (χ3n) is 14.4. The van der Waals surface area contributed by atoms with Crippen LogP contribution in [0.15, 0.2) is 73.1 Å². The average molecular weight is 883 g/mol. The molecule has 2 aromatic heterocycles. The summed E-state index contributed by atoms with van der Waals surface area (Å²) in [5.74, 6) is 1.87. The van der Waals surface area contributed by atoms with Crippen molar-refractivity contribution in [2.24, 2.45) is 23.7 Å². The Labute approximate surface area is 378 Å². The first kappa shape index (κ1) is 42.7. The Morgan fingerprint density at radius 2 is 1.22 bits per heavy atom. The van der Waals surface area contributed by atoms with Crippen LogP contribution in [-0.4, -0.2) is 104 Å². The van der Waals surface area contributed by atoms with Gasteiger partial charge in [-0.2, -0.15) is 0 Å². The van der Waals surface area contributed by atoms with Gasteiger partial charge in [0.2, 0.25) is 5.91 Å². The van der Waals surface area contributed by atoms with Crippen LogP contribution in [0.3, 0.4) is 0 Å². The molecule has 15 heteroatoms. The molecule has 5 aliphatic rings. The van der Waals surface area contributed by atoms with Gasteiger partial charge in [-0.1, -0.05) is 62.4 Å². The van der Waals surface area contributed by atoms with Crippen LogP contribution in [-0.2, 0) is 23.8 Å². The van der Waals surface area contributed by atoms with Gasteiger partial charge in [0.15, 0.2) is 6.10 Å². The fourth-order valence-electron chi connectivity index (χ4n) is 11.0. The maximum Gasteiger partial charge on any atom is 0.407 e. The Balaban J connectivity index is 0.820. The number of carbonyl (C=O) groups excluding carboxylic acids is 4. The molecule has 0 radical (unpaired) electrons. The summed E-state index contributed by atoms with van der Waals surface area (Å²) in [4.78, 5) is 73.4. The van der Waals surface area contributed by atoms with Gasteiger partial charge in [-0.25, -0.2) is 19.6 Å². The van der Waals surface area contributed by atoms with E-state index in [4.69, 9.17) is 24.2 Å². The van der Waals surface area contributed by atoms with Crippen molar-refractivity contribution < 1.29 is 33.4 Å². The van der Waals surface area contributed by atoms with Crippen molar-refractivity contribution in [2.75, 3.05) is 14.2 Å². The third-order valence-corrected chi connectivity index (χ3v) is 14.4. The van der Waals surface area contributed by atoms with Crippen molar-refractivity contribution in [3.8, 4) is 33.6 Å². The number of aromatic amines is 2. The molecule has 5 fully saturated rings. The fraction of sp³-hybridized carbons (Fsp3) is 0.480. The van der Waals surface area contributed by atoms with Gasteiger partial charge < -0.3 is 44.6 Å². The highest BCUT2D eigenvalue weighted by Gasteiger charge is 2.58. The van der Waals surface area contributed by atoms with Crippen LogP contribution >= 0.6 is 0 Å². The monoisotopic (exact) mass is 882 g/mol. The summed E-state index contributed by atoms with van der Waals surface area (Å²) in [6.07, 6.45) is 6.53. The number of likely N-dealkylation sites (tertiary alicyclic amines) is 2. The first-order valence-corrected chi connectivity index (χ1v) is 23.1. The van der Waals surface area contributed by atoms with Crippen molar-refractivity contribution in [1.82, 2.24) is 40.4 Å². The summed E-state index contributed by atoms with van der Waals surface area (Å²) in [7, 11) is 2.82. The van der Waals surface area contributed by atoms with Crippen LogP contribution in [0.4, 0.5) is 9.59 Å². The van der Waals surface area contributed by atoms with E-state index in [1.807, 2.05) is 49.9 Å². The zero-order chi connectivity index (χ0) is 45.3. The van der Waals surface area contributed by atoms with Gasteiger partial charge >= 0.3 is 12.2 Å². The normalized spacial score (nSPS) is 27.5. The number of ether oxygens (including phenoxy) is 3. The number of hydrogen-bond donors (Lipinski definition) is 4. The Kier molecular flexibility index (Phi) is 11.2. The fourth-order valence-corrected chi connectivity index (χ4v) is 11.0. The number of imidazole rings is 2. The lowest BCUT2D eigenvalue weighted by atomic mass is 9.85. The highest BCUT2D eigenvalue weighted by molar-refractivity contribution is 5.91. The van der Waals surface area contributed by atoms with Crippen LogP contribution < -0.4 is 10.6 Å². The van der Waals surface area contributed by atoms with Gasteiger partial charge in [0.25, 0.3) is 5.91 Å². The lowest BCUT2D eigenvalue weighted by Crippen LogP contribution is -2.55. The summed E-state index contributed by atoms with van der Waals surface area (Å²) in [5, 5.41) is 7.56. The third kappa shape index (κ3) is 8.23. The number of methoxy groups -OCH3 is 1. The quantitative estimate of drug-likeness (QED) is 0.102. The summed E-state index contributed by atoms with van der Waals surface area (Å²) in [5.41, 5.74) is 5.93. The maximum atomic E-state index is 14.4. The molecule has 340 valence electrons. The summed E-state index contributed by atoms with van der Waals surface area (Å²) in [6.45, 7) is 7.81. The predicted molar refractivity (Wildman–Crippen MR) is 243 cm³/mol. The van der Waals surface area contributed by atoms with Crippen LogP contribution in [0.1, 0.15) is 90.0 Å². The second-order valence-corrected chi connectivity index (χ2v) is 19.3. The average Bonchev–Trinajstić information content (AvgIpc) is 3.89. The predicted octanol–water partition coefficient (Wildman–Crippen LogP) is 7.92. The maximum absolute atomic E-state index is 14.4. The first-order valence-electron chi connectivity index (χ1n) is 23.1. The van der Waals surface area contributed by atoms with Gasteiger partial charge in [-0.05, 0) is 116 Å². The molecule has 4 amide bonds. The minimum Gasteiger partial charge on any atom is -0.453 e. The van der Waals surface area contributed by atoms with Crippen molar-refractivity contribution in [2.45, 2.75) is 115 Å². The molecule has 5 aromatic rings. The van der Waals surface area contributed by atoms with Gasteiger partial charge in [-0.15, -0.1) is 0 Å². The van der Waals surface area contributed by atoms with E-state index in [9.17, 15) is 19.2 Å². The van der Waals surface area contributed by atoms with Gasteiger partial charge in [0.05, 0.1) is 55.2 Å². The second kappa shape index (κ2) is 17.0. The van der Waals surface area contributed by atoms with Crippen molar-refractivity contribution in [3.05, 3.63) is 84.7 Å². The Morgan fingerprint density at radius 3 is 1.78 bits per heavy atom. The largest absolute Gasteiger partial charge is 0.453 e. The Hall–Kier alpha value is -6.22. The van der Waals surface area contributed by atoms with E-state index in [0.717, 1.165) is 81.7 Å². The number of aromatic nitrogens is 4. The number of rotatable bonds is 11. The number of hydrogen-bond acceptors (Lipinski definition) is 9. The van der Waals surface area contributed by atoms with Gasteiger partial charge in [0.1, 0.15) is 17.7 Å². The van der Waals surface area contributed by atoms with Gasteiger partial charge in [-0.3, -0.25) is 9.59 Å². The summed E-state index contributed by atoms with van der Waals surface area (Å²) < 4.78 is 16.5. The number of benzene rings is 3. The van der Waals surface area contributed by atoms with Crippen molar-refractivity contribution >= 4 is 34.8 Å². The zero-order valence-electron chi connectivity index (χ0n) is 37.7. The number of alkyl carbamates (subject to hydrolysis) is 2. The van der Waals surface area contributed by atoms with E-state index in [1.54, 1.807) is 0 Å². The van der Waals surface area contributed by atoms with E-state index in [0.29, 0.717) is 24.7 Å². The number of carbonyl (C=O) groups is 4. The molecular weight excluding hydrogens is 825 g/mol. The lowest BCUT2D eigenvalue weighted by Gasteiger charge is -2.38. The second-order valence-electron chi connectivity index (χ2n) is 19.3. The summed E-state index contributed by atoms with van der Waals surface area (Å²) in [6, 6.07) is 20.4. The van der Waals surface area contributed by atoms with Crippen LogP contribution in [0, 0.1) is 23.7 Å². The van der Waals surface area contributed by atoms with E-state index in [-0.39, 0.29) is 60.0 Å². The molecule has 10 rings (SSSR count). The van der Waals surface area contributed by atoms with Crippen LogP contribution in [0.25, 0.3) is 44.4 Å². The van der Waals surface area contributed by atoms with Crippen molar-refractivity contribution in [1.29, 1.82) is 0 Å². The van der Waals surface area contributed by atoms with E-state index < -0.39 is 24.3 Å². The topological polar surface area (TPSA) is 184 Å². The Bertz CT molecular complexity index is 2610. The molecule has 3 aromatic carbocycles. The SMILES string of the molecule is CNC(=O)O[C@H](C(=O)N1[C@@H]2C[C@@H]2C[C@H]1c1ncc(-c2ccc3cc(-c4ccc(-c5cnc([C@H]6C[C@H]7C[C@H]7N6C(=O)[C@@H](NC(=O)OC)C6C[C@H](C)O[C@@H](C)C6)[nH]5)cc4)ccc3c2)[nH]1)C(C)C. The molecule has 15 nitrogen and oxygen atoms in total. The molecule has 65 heavy (non-hydrogen) atoms. The van der Waals surface area contributed by atoms with E-state index >= 15 is 0 Å². The molecule has 2 saturated carbocycles. The van der Waals surface area contributed by atoms with Crippen LogP contribution in [0.5, 0.6) is 0 Å². The number of fused-ring (bicyclic) bond motifs is 3. The molecule has 3 saturated heterocycles. The van der Waals surface area contributed by atoms with E-state index in [1.165, 1.54) is 14.2 Å². The number of nitrogens with zero attached hydrogens (tertiary/aromatic N) is 4. The number of H-pyrrole nitrogens is 2. The zero-order valence-corrected chi connectivity index (χ0v) is 37.7. The molecule has 2 aliphatic carbocycles. The smallest absolute Gasteiger partial charge is 0.407 e. The van der Waals surface area contributed by atoms with Crippen molar-refractivity contribution in [3.63, 3.8) is 0 Å². The summed E-state index contributed by atoms with van der Waals surface area (Å²) >= 11 is 0. The first-order chi connectivity index (χ1) is 31.4. The minimum atomic E-state index is -0.868. The molecule has 0 bridgehead atoms. The molecule has 10 atom stereocenters. The molecular formula is C50H58N8O7. The number of piperidine rings is 2. The highest BCUT2D eigenvalue weighted by Crippen LogP contribution is 2.55. The standard InChI is InChI=1S/C50H58N8O7/c1-25(2)44(65-49(61)51-5)48(60)58-40-20-35(40)22-42(58)46-53-24-38(55-46)33-14-13-31-17-30(11-12-32(31)18-33)28-7-9-29(10-8-28)37-23-52-45(54-37)41-21-34-19-39(34)57(41)47(59)43(56-50(62)63-6)36-15-26(3)64-27(4)16-36/h7-14,17-18,23-27,34-36,39-44H,15-16,19-22H2,1-6H3,(H,51,61)(H,52,54)(H,53,55)(H,56,62)/t26-,27-,34+,35+,39+,40+,41+,42-,43-,44-/m0/s1.